The van der Waals surface area contributed by atoms with Gasteiger partial charge in [-0.3, -0.25) is 4.90 Å². The van der Waals surface area contributed by atoms with Crippen molar-refractivity contribution < 1.29 is 0 Å². The normalized spacial score (nSPS) is 15.3. The molecule has 0 spiro atoms. The summed E-state index contributed by atoms with van der Waals surface area (Å²) in [5.74, 6) is 0. The highest BCUT2D eigenvalue weighted by molar-refractivity contribution is 7.80. The maximum absolute atomic E-state index is 6.04. The van der Waals surface area contributed by atoms with E-state index in [-0.39, 0.29) is 0 Å². The highest BCUT2D eigenvalue weighted by atomic mass is 35.5. The van der Waals surface area contributed by atoms with E-state index in [9.17, 15) is 0 Å². The van der Waals surface area contributed by atoms with Gasteiger partial charge in [-0.15, -0.1) is 0 Å². The molecule has 0 aromatic heterocycles. The third-order valence-corrected chi connectivity index (χ3v) is 5.18. The van der Waals surface area contributed by atoms with Gasteiger partial charge in [0.25, 0.3) is 0 Å². The average molecular weight is 380 g/mol. The first-order valence-corrected chi connectivity index (χ1v) is 9.05. The quantitative estimate of drug-likeness (QED) is 0.790. The molecule has 6 heteroatoms. The Morgan fingerprint density at radius 3 is 2.33 bits per heavy atom. The van der Waals surface area contributed by atoms with Gasteiger partial charge < -0.3 is 10.2 Å². The number of nitrogens with one attached hydrogen (secondary N) is 1. The van der Waals surface area contributed by atoms with Crippen LogP contribution in [0.15, 0.2) is 48.5 Å². The lowest BCUT2D eigenvalue weighted by molar-refractivity contribution is 0.177. The minimum absolute atomic E-state index is 0.525. The summed E-state index contributed by atoms with van der Waals surface area (Å²) in [6, 6.07) is 16.0. The maximum atomic E-state index is 6.04. The second-order valence-electron chi connectivity index (χ2n) is 5.81. The van der Waals surface area contributed by atoms with Crippen molar-refractivity contribution in [2.75, 3.05) is 31.5 Å². The number of hydrogen-bond acceptors (Lipinski definition) is 2. The molecule has 0 radical (unpaired) electrons. The third-order valence-electron chi connectivity index (χ3n) is 4.08. The van der Waals surface area contributed by atoms with E-state index in [4.69, 9.17) is 35.4 Å². The molecule has 1 aliphatic heterocycles. The highest BCUT2D eigenvalue weighted by Gasteiger charge is 2.19. The standard InChI is InChI=1S/C18H19Cl2N3S/c19-16-7-6-15(12-17(16)20)21-18(24)23-10-8-22(9-11-23)13-14-4-2-1-3-5-14/h1-7,12H,8-11,13H2,(H,21,24). The molecule has 1 fully saturated rings. The molecule has 0 unspecified atom stereocenters. The maximum Gasteiger partial charge on any atom is 0.173 e. The Labute approximate surface area is 158 Å². The van der Waals surface area contributed by atoms with Crippen LogP contribution in [0, 0.1) is 0 Å². The van der Waals surface area contributed by atoms with Gasteiger partial charge in [0.05, 0.1) is 10.0 Å². The fourth-order valence-electron chi connectivity index (χ4n) is 2.73. The van der Waals surface area contributed by atoms with Crippen LogP contribution in [0.3, 0.4) is 0 Å². The number of hydrogen-bond donors (Lipinski definition) is 1. The molecule has 1 heterocycles. The molecule has 1 aliphatic rings. The molecular formula is C18H19Cl2N3S. The largest absolute Gasteiger partial charge is 0.346 e. The Balaban J connectivity index is 1.50. The first-order valence-electron chi connectivity index (χ1n) is 7.89. The van der Waals surface area contributed by atoms with E-state index in [2.05, 4.69) is 45.4 Å². The van der Waals surface area contributed by atoms with Crippen molar-refractivity contribution in [2.24, 2.45) is 0 Å². The molecule has 2 aromatic carbocycles. The molecule has 0 bridgehead atoms. The van der Waals surface area contributed by atoms with Gasteiger partial charge in [0, 0.05) is 38.4 Å². The molecule has 2 aromatic rings. The van der Waals surface area contributed by atoms with Crippen molar-refractivity contribution in [3.63, 3.8) is 0 Å². The van der Waals surface area contributed by atoms with Gasteiger partial charge in [-0.2, -0.15) is 0 Å². The fourth-order valence-corrected chi connectivity index (χ4v) is 3.33. The van der Waals surface area contributed by atoms with Crippen molar-refractivity contribution in [1.82, 2.24) is 9.80 Å². The van der Waals surface area contributed by atoms with Gasteiger partial charge in [0.1, 0.15) is 0 Å². The lowest BCUT2D eigenvalue weighted by Gasteiger charge is -2.36. The number of benzene rings is 2. The molecule has 126 valence electrons. The predicted octanol–water partition coefficient (Wildman–Crippen LogP) is 4.51. The zero-order valence-electron chi connectivity index (χ0n) is 13.2. The Kier molecular flexibility index (Phi) is 5.95. The van der Waals surface area contributed by atoms with Gasteiger partial charge in [0.15, 0.2) is 5.11 Å². The number of thiocarbonyl (C=S) groups is 1. The van der Waals surface area contributed by atoms with Gasteiger partial charge in [-0.05, 0) is 36.0 Å². The minimum Gasteiger partial charge on any atom is -0.346 e. The smallest absolute Gasteiger partial charge is 0.173 e. The van der Waals surface area contributed by atoms with Crippen LogP contribution in [-0.4, -0.2) is 41.1 Å². The number of nitrogens with zero attached hydrogens (tertiary/aromatic N) is 2. The van der Waals surface area contributed by atoms with Crippen molar-refractivity contribution >= 4 is 46.2 Å². The highest BCUT2D eigenvalue weighted by Crippen LogP contribution is 2.25. The van der Waals surface area contributed by atoms with Gasteiger partial charge in [-0.1, -0.05) is 53.5 Å². The Hall–Kier alpha value is -1.33. The van der Waals surface area contributed by atoms with Crippen LogP contribution in [0.25, 0.3) is 0 Å². The molecule has 0 amide bonds. The Bertz CT molecular complexity index is 701. The van der Waals surface area contributed by atoms with Crippen molar-refractivity contribution in [1.29, 1.82) is 0 Å². The zero-order valence-corrected chi connectivity index (χ0v) is 15.5. The monoisotopic (exact) mass is 379 g/mol. The minimum atomic E-state index is 0.525. The summed E-state index contributed by atoms with van der Waals surface area (Å²) in [5.41, 5.74) is 2.21. The summed E-state index contributed by atoms with van der Waals surface area (Å²) in [6.07, 6.45) is 0. The van der Waals surface area contributed by atoms with Gasteiger partial charge in [-0.25, -0.2) is 0 Å². The molecule has 1 N–H and O–H groups in total. The van der Waals surface area contributed by atoms with Crippen molar-refractivity contribution in [3.8, 4) is 0 Å². The molecule has 3 rings (SSSR count). The summed E-state index contributed by atoms with van der Waals surface area (Å²) in [4.78, 5) is 4.65. The van der Waals surface area contributed by atoms with E-state index in [1.54, 1.807) is 12.1 Å². The molecule has 24 heavy (non-hydrogen) atoms. The van der Waals surface area contributed by atoms with Crippen LogP contribution >= 0.6 is 35.4 Å². The summed E-state index contributed by atoms with van der Waals surface area (Å²) >= 11 is 17.5. The number of rotatable bonds is 3. The van der Waals surface area contributed by atoms with Gasteiger partial charge >= 0.3 is 0 Å². The molecule has 0 aliphatic carbocycles. The van der Waals surface area contributed by atoms with E-state index in [1.165, 1.54) is 5.56 Å². The van der Waals surface area contributed by atoms with Crippen LogP contribution < -0.4 is 5.32 Å². The lowest BCUT2D eigenvalue weighted by Crippen LogP contribution is -2.49. The number of halogens is 2. The summed E-state index contributed by atoms with van der Waals surface area (Å²) < 4.78 is 0. The van der Waals surface area contributed by atoms with Crippen LogP contribution in [0.2, 0.25) is 10.0 Å². The lowest BCUT2D eigenvalue weighted by atomic mass is 10.2. The molecule has 0 atom stereocenters. The Morgan fingerprint density at radius 2 is 1.67 bits per heavy atom. The van der Waals surface area contributed by atoms with Gasteiger partial charge in [0.2, 0.25) is 0 Å². The molecular weight excluding hydrogens is 361 g/mol. The average Bonchev–Trinajstić information content (AvgIpc) is 2.60. The van der Waals surface area contributed by atoms with E-state index in [0.717, 1.165) is 43.5 Å². The van der Waals surface area contributed by atoms with Crippen LogP contribution in [0.5, 0.6) is 0 Å². The van der Waals surface area contributed by atoms with Crippen molar-refractivity contribution in [3.05, 3.63) is 64.1 Å². The number of piperazine rings is 1. The summed E-state index contributed by atoms with van der Waals surface area (Å²) in [6.45, 7) is 4.82. The van der Waals surface area contributed by atoms with E-state index in [1.807, 2.05) is 6.07 Å². The SMILES string of the molecule is S=C(Nc1ccc(Cl)c(Cl)c1)N1CCN(Cc2ccccc2)CC1. The fraction of sp³-hybridized carbons (Fsp3) is 0.278. The summed E-state index contributed by atoms with van der Waals surface area (Å²) in [7, 11) is 0. The first kappa shape index (κ1) is 17.5. The molecule has 0 saturated carbocycles. The van der Waals surface area contributed by atoms with Crippen LogP contribution in [0.4, 0.5) is 5.69 Å². The Morgan fingerprint density at radius 1 is 0.958 bits per heavy atom. The summed E-state index contributed by atoms with van der Waals surface area (Å²) in [5, 5.41) is 5.04. The van der Waals surface area contributed by atoms with E-state index in [0.29, 0.717) is 10.0 Å². The second-order valence-corrected chi connectivity index (χ2v) is 7.01. The second kappa shape index (κ2) is 8.17. The zero-order chi connectivity index (χ0) is 16.9. The van der Waals surface area contributed by atoms with Crippen LogP contribution in [-0.2, 0) is 6.54 Å². The number of anilines is 1. The first-order chi connectivity index (χ1) is 11.6. The molecule has 3 nitrogen and oxygen atoms in total. The van der Waals surface area contributed by atoms with Crippen LogP contribution in [0.1, 0.15) is 5.56 Å². The van der Waals surface area contributed by atoms with Crippen molar-refractivity contribution in [2.45, 2.75) is 6.54 Å². The van der Waals surface area contributed by atoms with E-state index < -0.39 is 0 Å². The predicted molar refractivity (Wildman–Crippen MR) is 106 cm³/mol. The van der Waals surface area contributed by atoms with E-state index >= 15 is 0 Å². The topological polar surface area (TPSA) is 18.5 Å². The third kappa shape index (κ3) is 4.61. The molecule has 1 saturated heterocycles.